The van der Waals surface area contributed by atoms with E-state index in [1.54, 1.807) is 42.5 Å². The van der Waals surface area contributed by atoms with E-state index < -0.39 is 25.1 Å². The zero-order chi connectivity index (χ0) is 20.6. The highest BCUT2D eigenvalue weighted by atomic mass is 32.2. The Morgan fingerprint density at radius 2 is 1.32 bits per heavy atom. The van der Waals surface area contributed by atoms with Crippen LogP contribution in [0.3, 0.4) is 0 Å². The molecule has 152 valence electrons. The second-order valence-corrected chi connectivity index (χ2v) is 12.4. The molecule has 0 spiro atoms. The average molecular weight is 422 g/mol. The van der Waals surface area contributed by atoms with E-state index in [4.69, 9.17) is 0 Å². The van der Waals surface area contributed by atoms with E-state index in [-0.39, 0.29) is 23.4 Å². The highest BCUT2D eigenvalue weighted by molar-refractivity contribution is 7.92. The Morgan fingerprint density at radius 1 is 0.786 bits per heavy atom. The number of rotatable bonds is 4. The van der Waals surface area contributed by atoms with Gasteiger partial charge in [-0.05, 0) is 48.1 Å². The van der Waals surface area contributed by atoms with Crippen LogP contribution in [-0.4, -0.2) is 39.5 Å². The van der Waals surface area contributed by atoms with Gasteiger partial charge in [-0.2, -0.15) is 4.31 Å². The third-order valence-corrected chi connectivity index (χ3v) is 9.46. The first-order chi connectivity index (χ1) is 13.0. The maximum absolute atomic E-state index is 13.0. The van der Waals surface area contributed by atoms with Gasteiger partial charge < -0.3 is 0 Å². The zero-order valence-electron chi connectivity index (χ0n) is 16.5. The molecule has 1 saturated heterocycles. The van der Waals surface area contributed by atoms with E-state index in [2.05, 4.69) is 20.8 Å². The van der Waals surface area contributed by atoms with E-state index >= 15 is 0 Å². The quantitative estimate of drug-likeness (QED) is 0.756. The molecule has 3 rings (SSSR count). The van der Waals surface area contributed by atoms with Gasteiger partial charge in [0.15, 0.2) is 9.84 Å². The molecular weight excluding hydrogens is 394 g/mol. The molecule has 5 nitrogen and oxygen atoms in total. The van der Waals surface area contributed by atoms with Crippen molar-refractivity contribution in [1.29, 1.82) is 0 Å². The lowest BCUT2D eigenvalue weighted by Crippen LogP contribution is -2.42. The van der Waals surface area contributed by atoms with Crippen LogP contribution in [0.2, 0.25) is 0 Å². The van der Waals surface area contributed by atoms with E-state index in [0.29, 0.717) is 17.7 Å². The summed E-state index contributed by atoms with van der Waals surface area (Å²) in [6.07, 6.45) is 0.604. The number of hydrogen-bond acceptors (Lipinski definition) is 4. The molecule has 0 unspecified atom stereocenters. The van der Waals surface area contributed by atoms with Crippen molar-refractivity contribution in [3.8, 4) is 0 Å². The van der Waals surface area contributed by atoms with Crippen molar-refractivity contribution in [2.45, 2.75) is 54.1 Å². The lowest BCUT2D eigenvalue weighted by atomic mass is 9.87. The molecule has 1 aliphatic rings. The third kappa shape index (κ3) is 4.16. The van der Waals surface area contributed by atoms with Gasteiger partial charge in [0.2, 0.25) is 10.0 Å². The fourth-order valence-corrected chi connectivity index (χ4v) is 6.68. The Morgan fingerprint density at radius 3 is 1.82 bits per heavy atom. The smallest absolute Gasteiger partial charge is 0.223 e. The van der Waals surface area contributed by atoms with Gasteiger partial charge in [0.1, 0.15) is 0 Å². The lowest BCUT2D eigenvalue weighted by molar-refractivity contribution is 0.345. The molecule has 1 heterocycles. The minimum absolute atomic E-state index is 0.0492. The highest BCUT2D eigenvalue weighted by Gasteiger charge is 2.35. The van der Waals surface area contributed by atoms with Crippen LogP contribution in [0.5, 0.6) is 0 Å². The molecule has 2 aromatic carbocycles. The summed E-state index contributed by atoms with van der Waals surface area (Å²) in [5.74, 6) is 0. The largest absolute Gasteiger partial charge is 0.243 e. The van der Waals surface area contributed by atoms with Crippen molar-refractivity contribution in [1.82, 2.24) is 4.31 Å². The monoisotopic (exact) mass is 421 g/mol. The number of piperidine rings is 1. The Balaban J connectivity index is 1.74. The number of hydrogen-bond donors (Lipinski definition) is 0. The minimum atomic E-state index is -3.62. The molecule has 2 aromatic rings. The molecule has 7 heteroatoms. The lowest BCUT2D eigenvalue weighted by Gasteiger charge is -2.31. The third-order valence-electron chi connectivity index (χ3n) is 5.27. The van der Waals surface area contributed by atoms with Gasteiger partial charge in [0, 0.05) is 13.1 Å². The van der Waals surface area contributed by atoms with Crippen molar-refractivity contribution in [2.24, 2.45) is 0 Å². The Labute approximate surface area is 168 Å². The first kappa shape index (κ1) is 21.0. The van der Waals surface area contributed by atoms with E-state index in [1.807, 2.05) is 12.1 Å². The van der Waals surface area contributed by atoms with Gasteiger partial charge in [-0.3, -0.25) is 0 Å². The molecule has 1 aliphatic heterocycles. The Kier molecular flexibility index (Phi) is 5.71. The summed E-state index contributed by atoms with van der Waals surface area (Å²) in [4.78, 5) is 0.555. The summed E-state index contributed by atoms with van der Waals surface area (Å²) in [5, 5.41) is -0.551. The van der Waals surface area contributed by atoms with Crippen LogP contribution < -0.4 is 0 Å². The zero-order valence-corrected chi connectivity index (χ0v) is 18.1. The molecule has 0 amide bonds. The molecule has 0 aliphatic carbocycles. The van der Waals surface area contributed by atoms with Crippen LogP contribution in [0.25, 0.3) is 0 Å². The van der Waals surface area contributed by atoms with Crippen molar-refractivity contribution < 1.29 is 16.8 Å². The summed E-state index contributed by atoms with van der Waals surface area (Å²) < 4.78 is 52.9. The maximum atomic E-state index is 13.0. The molecular formula is C21H27NO4S2. The maximum Gasteiger partial charge on any atom is 0.243 e. The van der Waals surface area contributed by atoms with Crippen molar-refractivity contribution >= 4 is 19.9 Å². The predicted molar refractivity (Wildman–Crippen MR) is 111 cm³/mol. The highest BCUT2D eigenvalue weighted by Crippen LogP contribution is 2.29. The van der Waals surface area contributed by atoms with Gasteiger partial charge >= 0.3 is 0 Å². The van der Waals surface area contributed by atoms with Crippen LogP contribution in [0.4, 0.5) is 0 Å². The van der Waals surface area contributed by atoms with Gasteiger partial charge in [0.05, 0.1) is 15.0 Å². The van der Waals surface area contributed by atoms with E-state index in [0.717, 1.165) is 5.56 Å². The molecule has 28 heavy (non-hydrogen) atoms. The van der Waals surface area contributed by atoms with Gasteiger partial charge in [-0.25, -0.2) is 16.8 Å². The van der Waals surface area contributed by atoms with Gasteiger partial charge in [0.25, 0.3) is 0 Å². The first-order valence-corrected chi connectivity index (χ1v) is 12.4. The average Bonchev–Trinajstić information content (AvgIpc) is 2.68. The molecule has 0 N–H and O–H groups in total. The second-order valence-electron chi connectivity index (χ2n) is 8.24. The van der Waals surface area contributed by atoms with Crippen LogP contribution in [0.1, 0.15) is 39.2 Å². The Bertz CT molecular complexity index is 1010. The number of sulfonamides is 1. The molecule has 0 saturated carbocycles. The number of sulfone groups is 1. The molecule has 0 aromatic heterocycles. The second kappa shape index (κ2) is 7.61. The van der Waals surface area contributed by atoms with Crippen LogP contribution in [0.15, 0.2) is 64.4 Å². The van der Waals surface area contributed by atoms with Crippen LogP contribution in [0, 0.1) is 0 Å². The summed E-state index contributed by atoms with van der Waals surface area (Å²) in [5.41, 5.74) is 1.02. The molecule has 1 fully saturated rings. The number of benzene rings is 2. The molecule has 0 bridgehead atoms. The van der Waals surface area contributed by atoms with Crippen molar-refractivity contribution in [3.63, 3.8) is 0 Å². The fraction of sp³-hybridized carbons (Fsp3) is 0.429. The summed E-state index contributed by atoms with van der Waals surface area (Å²) in [7, 11) is -7.06. The summed E-state index contributed by atoms with van der Waals surface area (Å²) >= 11 is 0. The molecule has 0 atom stereocenters. The van der Waals surface area contributed by atoms with Crippen LogP contribution in [-0.2, 0) is 25.3 Å². The van der Waals surface area contributed by atoms with Crippen molar-refractivity contribution in [3.05, 3.63) is 60.2 Å². The Hall–Kier alpha value is -1.70. The normalized spacial score (nSPS) is 17.5. The summed E-state index contributed by atoms with van der Waals surface area (Å²) in [6, 6.07) is 15.3. The van der Waals surface area contributed by atoms with E-state index in [9.17, 15) is 16.8 Å². The first-order valence-electron chi connectivity index (χ1n) is 9.42. The SMILES string of the molecule is CC(C)(C)c1ccc(S(=O)(=O)N2CCC(S(=O)(=O)c3ccccc3)CC2)cc1. The topological polar surface area (TPSA) is 71.5 Å². The standard InChI is InChI=1S/C21H27NO4S2/c1-21(2,3)17-9-11-20(12-10-17)28(25,26)22-15-13-19(14-16-22)27(23,24)18-7-5-4-6-8-18/h4-12,19H,13-16H2,1-3H3. The summed E-state index contributed by atoms with van der Waals surface area (Å²) in [6.45, 7) is 6.65. The minimum Gasteiger partial charge on any atom is -0.223 e. The molecule has 0 radical (unpaired) electrons. The van der Waals surface area contributed by atoms with Crippen molar-refractivity contribution in [2.75, 3.05) is 13.1 Å². The predicted octanol–water partition coefficient (Wildman–Crippen LogP) is 3.61. The van der Waals surface area contributed by atoms with Crippen LogP contribution >= 0.6 is 0 Å². The fourth-order valence-electron chi connectivity index (χ4n) is 3.46. The van der Waals surface area contributed by atoms with E-state index in [1.165, 1.54) is 4.31 Å². The van der Waals surface area contributed by atoms with Gasteiger partial charge in [-0.15, -0.1) is 0 Å². The van der Waals surface area contributed by atoms with Gasteiger partial charge in [-0.1, -0.05) is 51.1 Å². The number of nitrogens with zero attached hydrogens (tertiary/aromatic N) is 1.